The monoisotopic (exact) mass is 354 g/mol. The van der Waals surface area contributed by atoms with Gasteiger partial charge in [0, 0.05) is 29.2 Å². The predicted octanol–water partition coefficient (Wildman–Crippen LogP) is 3.87. The highest BCUT2D eigenvalue weighted by Gasteiger charge is 2.15. The van der Waals surface area contributed by atoms with E-state index in [9.17, 15) is 4.79 Å². The average molecular weight is 355 g/mol. The van der Waals surface area contributed by atoms with E-state index in [0.717, 1.165) is 23.2 Å². The molecule has 0 spiro atoms. The van der Waals surface area contributed by atoms with Crippen molar-refractivity contribution >= 4 is 17.5 Å². The summed E-state index contributed by atoms with van der Waals surface area (Å²) in [5.74, 6) is -0.0874. The molecule has 3 rings (SSSR count). The van der Waals surface area contributed by atoms with E-state index in [-0.39, 0.29) is 18.5 Å². The molecule has 25 heavy (non-hydrogen) atoms. The standard InChI is InChI=1S/C19H19ClN4O/c1-2-17(14-5-7-16(20)8-6-14)23-19(25)13-24-18(9-11-22-24)15-4-3-10-21-12-15/h3-12,17H,2,13H2,1H3,(H,23,25)/t17-/m0/s1. The molecule has 0 aliphatic rings. The summed E-state index contributed by atoms with van der Waals surface area (Å²) in [7, 11) is 0. The fraction of sp³-hybridized carbons (Fsp3) is 0.211. The molecular weight excluding hydrogens is 336 g/mol. The van der Waals surface area contributed by atoms with Crippen LogP contribution in [0.1, 0.15) is 24.9 Å². The molecule has 2 heterocycles. The summed E-state index contributed by atoms with van der Waals surface area (Å²) in [4.78, 5) is 16.6. The molecule has 6 heteroatoms. The van der Waals surface area contributed by atoms with Crippen molar-refractivity contribution in [2.24, 2.45) is 0 Å². The molecule has 0 radical (unpaired) electrons. The van der Waals surface area contributed by atoms with Crippen LogP contribution in [0, 0.1) is 0 Å². The molecular formula is C19H19ClN4O. The van der Waals surface area contributed by atoms with Gasteiger partial charge < -0.3 is 5.32 Å². The molecule has 0 bridgehead atoms. The van der Waals surface area contributed by atoms with Crippen LogP contribution in [0.25, 0.3) is 11.3 Å². The number of halogens is 1. The third-order valence-electron chi connectivity index (χ3n) is 3.98. The summed E-state index contributed by atoms with van der Waals surface area (Å²) >= 11 is 5.93. The molecule has 1 atom stereocenters. The predicted molar refractivity (Wildman–Crippen MR) is 98.1 cm³/mol. The normalized spacial score (nSPS) is 11.9. The zero-order valence-corrected chi connectivity index (χ0v) is 14.6. The van der Waals surface area contributed by atoms with Crippen molar-refractivity contribution in [3.05, 3.63) is 71.6 Å². The lowest BCUT2D eigenvalue weighted by Gasteiger charge is -2.18. The number of pyridine rings is 1. The van der Waals surface area contributed by atoms with E-state index in [1.54, 1.807) is 23.3 Å². The molecule has 1 N–H and O–H groups in total. The van der Waals surface area contributed by atoms with Gasteiger partial charge in [0.1, 0.15) is 6.54 Å². The quantitative estimate of drug-likeness (QED) is 0.731. The first kappa shape index (κ1) is 17.2. The molecule has 0 fully saturated rings. The Labute approximate surface area is 151 Å². The van der Waals surface area contributed by atoms with E-state index in [1.807, 2.05) is 49.4 Å². The van der Waals surface area contributed by atoms with Crippen LogP contribution in [0.2, 0.25) is 5.02 Å². The summed E-state index contributed by atoms with van der Waals surface area (Å²) in [6.45, 7) is 2.19. The highest BCUT2D eigenvalue weighted by atomic mass is 35.5. The van der Waals surface area contributed by atoms with Crippen molar-refractivity contribution in [3.63, 3.8) is 0 Å². The summed E-state index contributed by atoms with van der Waals surface area (Å²) in [5.41, 5.74) is 2.83. The molecule has 0 saturated heterocycles. The summed E-state index contributed by atoms with van der Waals surface area (Å²) in [5, 5.41) is 8.00. The lowest BCUT2D eigenvalue weighted by molar-refractivity contribution is -0.122. The molecule has 1 aromatic carbocycles. The number of benzene rings is 1. The number of amides is 1. The Morgan fingerprint density at radius 1 is 1.20 bits per heavy atom. The van der Waals surface area contributed by atoms with Gasteiger partial charge in [0.2, 0.25) is 5.91 Å². The summed E-state index contributed by atoms with van der Waals surface area (Å²) in [6.07, 6.45) is 5.96. The summed E-state index contributed by atoms with van der Waals surface area (Å²) < 4.78 is 1.68. The molecule has 1 amide bonds. The number of nitrogens with zero attached hydrogens (tertiary/aromatic N) is 3. The fourth-order valence-corrected chi connectivity index (χ4v) is 2.84. The first-order chi connectivity index (χ1) is 12.2. The average Bonchev–Trinajstić information content (AvgIpc) is 3.09. The lowest BCUT2D eigenvalue weighted by Crippen LogP contribution is -2.31. The smallest absolute Gasteiger partial charge is 0.242 e. The molecule has 0 unspecified atom stereocenters. The minimum atomic E-state index is -0.0874. The van der Waals surface area contributed by atoms with E-state index >= 15 is 0 Å². The lowest BCUT2D eigenvalue weighted by atomic mass is 10.0. The SMILES string of the molecule is CC[C@H](NC(=O)Cn1nccc1-c1cccnc1)c1ccc(Cl)cc1. The summed E-state index contributed by atoms with van der Waals surface area (Å²) in [6, 6.07) is 13.2. The first-order valence-electron chi connectivity index (χ1n) is 8.14. The number of hydrogen-bond acceptors (Lipinski definition) is 3. The van der Waals surface area contributed by atoms with Gasteiger partial charge in [-0.25, -0.2) is 0 Å². The van der Waals surface area contributed by atoms with E-state index in [2.05, 4.69) is 15.4 Å². The van der Waals surface area contributed by atoms with Gasteiger partial charge in [0.15, 0.2) is 0 Å². The second kappa shape index (κ2) is 7.94. The van der Waals surface area contributed by atoms with Crippen molar-refractivity contribution in [3.8, 4) is 11.3 Å². The second-order valence-corrected chi connectivity index (χ2v) is 6.13. The highest BCUT2D eigenvalue weighted by Crippen LogP contribution is 2.20. The van der Waals surface area contributed by atoms with Crippen molar-refractivity contribution in [1.29, 1.82) is 0 Å². The van der Waals surface area contributed by atoms with Crippen LogP contribution in [-0.2, 0) is 11.3 Å². The number of hydrogen-bond donors (Lipinski definition) is 1. The molecule has 0 aliphatic heterocycles. The van der Waals surface area contributed by atoms with Gasteiger partial charge in [-0.1, -0.05) is 30.7 Å². The van der Waals surface area contributed by atoms with Gasteiger partial charge in [0.05, 0.1) is 11.7 Å². The molecule has 0 saturated carbocycles. The largest absolute Gasteiger partial charge is 0.348 e. The molecule has 2 aromatic heterocycles. The fourth-order valence-electron chi connectivity index (χ4n) is 2.71. The minimum absolute atomic E-state index is 0.0535. The van der Waals surface area contributed by atoms with Gasteiger partial charge in [0.25, 0.3) is 0 Å². The Kier molecular flexibility index (Phi) is 5.46. The maximum Gasteiger partial charge on any atom is 0.242 e. The number of carbonyl (C=O) groups excluding carboxylic acids is 1. The Morgan fingerprint density at radius 3 is 2.68 bits per heavy atom. The molecule has 0 aliphatic carbocycles. The van der Waals surface area contributed by atoms with E-state index < -0.39 is 0 Å². The van der Waals surface area contributed by atoms with Crippen LogP contribution in [0.4, 0.5) is 0 Å². The maximum absolute atomic E-state index is 12.5. The van der Waals surface area contributed by atoms with Crippen molar-refractivity contribution in [2.45, 2.75) is 25.9 Å². The number of aromatic nitrogens is 3. The zero-order valence-electron chi connectivity index (χ0n) is 13.9. The van der Waals surface area contributed by atoms with Crippen LogP contribution >= 0.6 is 11.6 Å². The van der Waals surface area contributed by atoms with Gasteiger partial charge in [-0.3, -0.25) is 14.5 Å². The van der Waals surface area contributed by atoms with E-state index in [1.165, 1.54) is 0 Å². The van der Waals surface area contributed by atoms with Crippen molar-refractivity contribution < 1.29 is 4.79 Å². The minimum Gasteiger partial charge on any atom is -0.348 e. The van der Waals surface area contributed by atoms with Gasteiger partial charge >= 0.3 is 0 Å². The second-order valence-electron chi connectivity index (χ2n) is 5.70. The van der Waals surface area contributed by atoms with Gasteiger partial charge in [-0.2, -0.15) is 5.10 Å². The van der Waals surface area contributed by atoms with Crippen LogP contribution in [0.15, 0.2) is 61.1 Å². The zero-order chi connectivity index (χ0) is 17.6. The molecule has 128 valence electrons. The topological polar surface area (TPSA) is 59.8 Å². The van der Waals surface area contributed by atoms with E-state index in [0.29, 0.717) is 5.02 Å². The Balaban J connectivity index is 1.70. The number of nitrogens with one attached hydrogen (secondary N) is 1. The van der Waals surface area contributed by atoms with Crippen LogP contribution < -0.4 is 5.32 Å². The maximum atomic E-state index is 12.5. The number of rotatable bonds is 6. The highest BCUT2D eigenvalue weighted by molar-refractivity contribution is 6.30. The third-order valence-corrected chi connectivity index (χ3v) is 4.24. The van der Waals surface area contributed by atoms with E-state index in [4.69, 9.17) is 11.6 Å². The van der Waals surface area contributed by atoms with Gasteiger partial charge in [-0.15, -0.1) is 0 Å². The number of carbonyl (C=O) groups is 1. The van der Waals surface area contributed by atoms with Crippen LogP contribution in [0.5, 0.6) is 0 Å². The van der Waals surface area contributed by atoms with Crippen LogP contribution in [-0.4, -0.2) is 20.7 Å². The third kappa shape index (κ3) is 4.25. The first-order valence-corrected chi connectivity index (χ1v) is 8.52. The molecule has 3 aromatic rings. The Hall–Kier alpha value is -2.66. The Morgan fingerprint density at radius 2 is 2.00 bits per heavy atom. The van der Waals surface area contributed by atoms with Crippen molar-refractivity contribution in [1.82, 2.24) is 20.1 Å². The Bertz CT molecular complexity index is 830. The van der Waals surface area contributed by atoms with Crippen LogP contribution in [0.3, 0.4) is 0 Å². The molecule has 5 nitrogen and oxygen atoms in total. The van der Waals surface area contributed by atoms with Crippen molar-refractivity contribution in [2.75, 3.05) is 0 Å². The van der Waals surface area contributed by atoms with Gasteiger partial charge in [-0.05, 0) is 42.3 Å².